The topological polar surface area (TPSA) is 142 Å². The Morgan fingerprint density at radius 1 is 1.14 bits per heavy atom. The highest BCUT2D eigenvalue weighted by atomic mass is 16.5. The minimum absolute atomic E-state index is 0.00351. The fourth-order valence-corrected chi connectivity index (χ4v) is 4.86. The van der Waals surface area contributed by atoms with Crippen LogP contribution < -0.4 is 10.1 Å². The summed E-state index contributed by atoms with van der Waals surface area (Å²) in [6, 6.07) is 5.43. The summed E-state index contributed by atoms with van der Waals surface area (Å²) in [4.78, 5) is 46.7. The van der Waals surface area contributed by atoms with E-state index < -0.39 is 28.5 Å². The Kier molecular flexibility index (Phi) is 4.67. The smallest absolute Gasteiger partial charge is 0.194 e. The number of aryl methyl sites for hydroxylation is 1. The van der Waals surface area contributed by atoms with Gasteiger partial charge in [-0.25, -0.2) is 4.98 Å². The molecule has 35 heavy (non-hydrogen) atoms. The number of benzene rings is 2. The maximum Gasteiger partial charge on any atom is 0.194 e. The monoisotopic (exact) mass is 473 g/mol. The van der Waals surface area contributed by atoms with Crippen LogP contribution in [0.4, 0.5) is 5.69 Å². The van der Waals surface area contributed by atoms with E-state index in [1.807, 2.05) is 19.1 Å². The number of carbonyl (C=O) groups is 3. The third-order valence-corrected chi connectivity index (χ3v) is 6.69. The number of Topliss-reactive ketones (excluding diaryl/α,β-unsaturated/α-hetero) is 2. The number of aromatic amines is 1. The molecule has 0 fully saturated rings. The number of phenolic OH excluding ortho intramolecular Hbond substituents is 2. The molecule has 0 saturated heterocycles. The quantitative estimate of drug-likeness (QED) is 0.255. The van der Waals surface area contributed by atoms with Crippen molar-refractivity contribution in [2.24, 2.45) is 0 Å². The number of rotatable bonds is 3. The molecule has 0 amide bonds. The lowest BCUT2D eigenvalue weighted by Crippen LogP contribution is -2.40. The van der Waals surface area contributed by atoms with Gasteiger partial charge in [-0.15, -0.1) is 0 Å². The lowest BCUT2D eigenvalue weighted by atomic mass is 9.70. The molecule has 2 aliphatic rings. The van der Waals surface area contributed by atoms with E-state index >= 15 is 0 Å². The van der Waals surface area contributed by atoms with Crippen LogP contribution in [0.3, 0.4) is 0 Å². The lowest BCUT2D eigenvalue weighted by molar-refractivity contribution is -0.123. The minimum Gasteiger partial charge on any atom is -0.507 e. The van der Waals surface area contributed by atoms with Gasteiger partial charge in [0.2, 0.25) is 0 Å². The Balaban J connectivity index is 1.65. The van der Waals surface area contributed by atoms with Gasteiger partial charge in [0.15, 0.2) is 17.3 Å². The number of aromatic nitrogens is 2. The SMILES string of the molecule is CC(=O)c1c(O)c(C)c(O)c2c1OC1=CC(=O)C(=C(C)Nc3ccc4nc(C)[nH]c4c3)C(=O)[C@@]12C. The van der Waals surface area contributed by atoms with E-state index in [-0.39, 0.29) is 39.5 Å². The molecule has 5 rings (SSSR count). The number of ether oxygens (including phenoxy) is 1. The molecular formula is C26H23N3O6. The summed E-state index contributed by atoms with van der Waals surface area (Å²) in [5.74, 6) is -1.78. The second-order valence-corrected chi connectivity index (χ2v) is 9.07. The molecule has 1 aliphatic carbocycles. The van der Waals surface area contributed by atoms with Gasteiger partial charge >= 0.3 is 0 Å². The molecule has 1 atom stereocenters. The molecule has 0 saturated carbocycles. The maximum absolute atomic E-state index is 13.9. The largest absolute Gasteiger partial charge is 0.507 e. The number of imidazole rings is 1. The second-order valence-electron chi connectivity index (χ2n) is 9.07. The number of fused-ring (bicyclic) bond motifs is 4. The first-order valence-corrected chi connectivity index (χ1v) is 11.0. The van der Waals surface area contributed by atoms with E-state index in [2.05, 4.69) is 15.3 Å². The van der Waals surface area contributed by atoms with Crippen molar-refractivity contribution in [1.29, 1.82) is 0 Å². The molecule has 178 valence electrons. The number of carbonyl (C=O) groups excluding carboxylic acids is 3. The summed E-state index contributed by atoms with van der Waals surface area (Å²) < 4.78 is 5.79. The van der Waals surface area contributed by atoms with Gasteiger partial charge in [-0.1, -0.05) is 0 Å². The van der Waals surface area contributed by atoms with E-state index in [1.165, 1.54) is 26.8 Å². The number of hydrogen-bond acceptors (Lipinski definition) is 8. The highest BCUT2D eigenvalue weighted by Crippen LogP contribution is 2.57. The van der Waals surface area contributed by atoms with Crippen LogP contribution in [0.5, 0.6) is 17.2 Å². The molecule has 0 spiro atoms. The summed E-state index contributed by atoms with van der Waals surface area (Å²) in [5, 5.41) is 24.5. The van der Waals surface area contributed by atoms with E-state index in [0.29, 0.717) is 11.4 Å². The van der Waals surface area contributed by atoms with Crippen molar-refractivity contribution in [2.45, 2.75) is 40.0 Å². The maximum atomic E-state index is 13.9. The predicted molar refractivity (Wildman–Crippen MR) is 128 cm³/mol. The van der Waals surface area contributed by atoms with Gasteiger partial charge in [-0.3, -0.25) is 14.4 Å². The number of H-pyrrole nitrogens is 1. The van der Waals surface area contributed by atoms with Crippen molar-refractivity contribution in [3.63, 3.8) is 0 Å². The number of nitrogens with zero attached hydrogens (tertiary/aromatic N) is 1. The summed E-state index contributed by atoms with van der Waals surface area (Å²) in [5.41, 5.74) is 0.876. The normalized spacial score (nSPS) is 20.3. The average Bonchev–Trinajstić information content (AvgIpc) is 3.28. The number of ketones is 3. The summed E-state index contributed by atoms with van der Waals surface area (Å²) in [6.07, 6.45) is 1.19. The van der Waals surface area contributed by atoms with Gasteiger partial charge in [0.1, 0.15) is 39.8 Å². The highest BCUT2D eigenvalue weighted by Gasteiger charge is 2.56. The van der Waals surface area contributed by atoms with Crippen LogP contribution in [0.15, 0.2) is 41.3 Å². The third-order valence-electron chi connectivity index (χ3n) is 6.69. The van der Waals surface area contributed by atoms with E-state index in [0.717, 1.165) is 16.9 Å². The molecule has 3 aromatic rings. The first-order valence-electron chi connectivity index (χ1n) is 11.0. The Bertz CT molecular complexity index is 1580. The molecule has 0 radical (unpaired) electrons. The van der Waals surface area contributed by atoms with Crippen molar-refractivity contribution in [2.75, 3.05) is 5.32 Å². The van der Waals surface area contributed by atoms with Crippen LogP contribution >= 0.6 is 0 Å². The summed E-state index contributed by atoms with van der Waals surface area (Å²) >= 11 is 0. The molecule has 1 aliphatic heterocycles. The number of hydrogen-bond donors (Lipinski definition) is 4. The van der Waals surface area contributed by atoms with E-state index in [9.17, 15) is 24.6 Å². The Hall–Kier alpha value is -4.40. The summed E-state index contributed by atoms with van der Waals surface area (Å²) in [6.45, 7) is 7.69. The van der Waals surface area contributed by atoms with Crippen LogP contribution in [-0.2, 0) is 15.0 Å². The molecule has 2 aromatic carbocycles. The number of allylic oxidation sites excluding steroid dienone is 4. The van der Waals surface area contributed by atoms with Crippen LogP contribution in [0.25, 0.3) is 11.0 Å². The van der Waals surface area contributed by atoms with Crippen LogP contribution in [0.2, 0.25) is 0 Å². The molecular weight excluding hydrogens is 450 g/mol. The minimum atomic E-state index is -1.56. The molecule has 9 heteroatoms. The zero-order valence-corrected chi connectivity index (χ0v) is 19.8. The molecule has 1 aromatic heterocycles. The Morgan fingerprint density at radius 3 is 2.54 bits per heavy atom. The number of phenols is 2. The van der Waals surface area contributed by atoms with Gasteiger partial charge in [0, 0.05) is 23.0 Å². The van der Waals surface area contributed by atoms with Crippen molar-refractivity contribution < 1.29 is 29.3 Å². The third kappa shape index (κ3) is 3.01. The van der Waals surface area contributed by atoms with Crippen LogP contribution in [0, 0.1) is 13.8 Å². The molecule has 0 bridgehead atoms. The van der Waals surface area contributed by atoms with Gasteiger partial charge in [-0.2, -0.15) is 0 Å². The van der Waals surface area contributed by atoms with Gasteiger partial charge in [0.05, 0.1) is 22.2 Å². The molecule has 2 heterocycles. The second kappa shape index (κ2) is 7.30. The number of aromatic hydroxyl groups is 2. The van der Waals surface area contributed by atoms with Crippen LogP contribution in [0.1, 0.15) is 48.1 Å². The summed E-state index contributed by atoms with van der Waals surface area (Å²) in [7, 11) is 0. The van der Waals surface area contributed by atoms with Crippen molar-refractivity contribution in [3.05, 3.63) is 63.8 Å². The fraction of sp³-hybridized carbons (Fsp3) is 0.231. The van der Waals surface area contributed by atoms with Crippen molar-refractivity contribution in [1.82, 2.24) is 9.97 Å². The van der Waals surface area contributed by atoms with Gasteiger partial charge in [0.25, 0.3) is 0 Å². The predicted octanol–water partition coefficient (Wildman–Crippen LogP) is 3.87. The van der Waals surface area contributed by atoms with E-state index in [1.54, 1.807) is 13.0 Å². The number of anilines is 1. The zero-order valence-electron chi connectivity index (χ0n) is 19.8. The zero-order chi connectivity index (χ0) is 25.4. The molecule has 4 N–H and O–H groups in total. The van der Waals surface area contributed by atoms with E-state index in [4.69, 9.17) is 4.74 Å². The first kappa shape index (κ1) is 22.4. The lowest BCUT2D eigenvalue weighted by Gasteiger charge is -2.29. The molecule has 0 unspecified atom stereocenters. The van der Waals surface area contributed by atoms with Gasteiger partial charge < -0.3 is 25.3 Å². The van der Waals surface area contributed by atoms with Gasteiger partial charge in [-0.05, 0) is 52.8 Å². The van der Waals surface area contributed by atoms with Crippen molar-refractivity contribution in [3.8, 4) is 17.2 Å². The average molecular weight is 473 g/mol. The Morgan fingerprint density at radius 2 is 1.86 bits per heavy atom. The first-order chi connectivity index (χ1) is 16.4. The molecule has 9 nitrogen and oxygen atoms in total. The number of nitrogens with one attached hydrogen (secondary N) is 2. The fourth-order valence-electron chi connectivity index (χ4n) is 4.86. The standard InChI is InChI=1S/C26H23N3O6/c1-10-22(32)20(12(3)30)24-21(23(10)33)26(5)18(35-24)9-17(31)19(25(26)34)11(2)27-14-6-7-15-16(8-14)29-13(4)28-15/h6-9,27,32-33H,1-5H3,(H,28,29)/t26-/m0/s1. The van der Waals surface area contributed by atoms with Crippen molar-refractivity contribution >= 4 is 34.1 Å². The highest BCUT2D eigenvalue weighted by molar-refractivity contribution is 6.31. The van der Waals surface area contributed by atoms with Crippen LogP contribution in [-0.4, -0.2) is 37.5 Å². The Labute approximate surface area is 200 Å².